The highest BCUT2D eigenvalue weighted by Gasteiger charge is 2.20. The number of hydrogen-bond donors (Lipinski definition) is 1. The van der Waals surface area contributed by atoms with Gasteiger partial charge in [-0.25, -0.2) is 0 Å². The molecule has 1 rings (SSSR count). The molecule has 78 valence electrons. The van der Waals surface area contributed by atoms with Crippen LogP contribution in [0.25, 0.3) is 0 Å². The highest BCUT2D eigenvalue weighted by atomic mass is 16.7. The molecule has 1 aliphatic carbocycles. The summed E-state index contributed by atoms with van der Waals surface area (Å²) in [7, 11) is 3.21. The number of aliphatic hydroxyl groups excluding tert-OH is 1. The molecule has 4 heteroatoms. The number of rotatable bonds is 2. The van der Waals surface area contributed by atoms with Crippen molar-refractivity contribution in [1.82, 2.24) is 0 Å². The number of carbonyl (C=O) groups excluding carboxylic acids is 1. The van der Waals surface area contributed by atoms with E-state index >= 15 is 0 Å². The third kappa shape index (κ3) is 5.74. The molecule has 0 spiro atoms. The van der Waals surface area contributed by atoms with Crippen LogP contribution in [0.3, 0.4) is 0 Å². The predicted molar refractivity (Wildman–Crippen MR) is 48.3 cm³/mol. The van der Waals surface area contributed by atoms with Crippen LogP contribution in [0.4, 0.5) is 0 Å². The maximum atomic E-state index is 10.3. The largest absolute Gasteiger partial charge is 0.385 e. The van der Waals surface area contributed by atoms with Gasteiger partial charge >= 0.3 is 0 Å². The fourth-order valence-electron chi connectivity index (χ4n) is 0.893. The Kier molecular flexibility index (Phi) is 6.76. The van der Waals surface area contributed by atoms with Crippen molar-refractivity contribution in [2.24, 2.45) is 0 Å². The zero-order valence-electron chi connectivity index (χ0n) is 8.45. The van der Waals surface area contributed by atoms with Crippen LogP contribution in [0, 0.1) is 0 Å². The lowest BCUT2D eigenvalue weighted by Crippen LogP contribution is -2.10. The quantitative estimate of drug-likeness (QED) is 0.652. The van der Waals surface area contributed by atoms with Crippen molar-refractivity contribution in [2.75, 3.05) is 14.2 Å². The van der Waals surface area contributed by atoms with E-state index in [1.54, 1.807) is 14.2 Å². The summed E-state index contributed by atoms with van der Waals surface area (Å²) in [6.45, 7) is 1.83. The van der Waals surface area contributed by atoms with Crippen molar-refractivity contribution in [3.05, 3.63) is 0 Å². The van der Waals surface area contributed by atoms with Crippen LogP contribution in [-0.2, 0) is 14.3 Å². The molecule has 1 saturated carbocycles. The summed E-state index contributed by atoms with van der Waals surface area (Å²) >= 11 is 0. The number of carbonyl (C=O) groups is 1. The zero-order valence-corrected chi connectivity index (χ0v) is 8.45. The van der Waals surface area contributed by atoms with Crippen LogP contribution in [0.5, 0.6) is 0 Å². The Bertz CT molecular complexity index is 143. The van der Waals surface area contributed by atoms with Gasteiger partial charge in [0.15, 0.2) is 12.1 Å². The molecule has 0 amide bonds. The molecular formula is C9H18O4. The second-order valence-electron chi connectivity index (χ2n) is 2.91. The Morgan fingerprint density at radius 1 is 1.46 bits per heavy atom. The first kappa shape index (κ1) is 12.6. The lowest BCUT2D eigenvalue weighted by molar-refractivity contribution is -0.124. The third-order valence-electron chi connectivity index (χ3n) is 1.94. The van der Waals surface area contributed by atoms with Crippen LogP contribution < -0.4 is 0 Å². The van der Waals surface area contributed by atoms with E-state index in [0.29, 0.717) is 12.8 Å². The van der Waals surface area contributed by atoms with E-state index in [0.717, 1.165) is 6.42 Å². The molecule has 0 bridgehead atoms. The van der Waals surface area contributed by atoms with Gasteiger partial charge in [-0.05, 0) is 19.8 Å². The van der Waals surface area contributed by atoms with Crippen molar-refractivity contribution in [2.45, 2.75) is 38.6 Å². The highest BCUT2D eigenvalue weighted by Crippen LogP contribution is 2.12. The molecule has 0 aromatic carbocycles. The van der Waals surface area contributed by atoms with Crippen LogP contribution >= 0.6 is 0 Å². The van der Waals surface area contributed by atoms with E-state index < -0.39 is 6.10 Å². The molecule has 1 unspecified atom stereocenters. The molecule has 13 heavy (non-hydrogen) atoms. The normalized spacial score (nSPS) is 21.6. The highest BCUT2D eigenvalue weighted by molar-refractivity contribution is 5.84. The Morgan fingerprint density at radius 2 is 2.00 bits per heavy atom. The first-order valence-corrected chi connectivity index (χ1v) is 4.38. The summed E-state index contributed by atoms with van der Waals surface area (Å²) in [5, 5.41) is 8.65. The fraction of sp³-hybridized carbons (Fsp3) is 0.889. The molecule has 1 atom stereocenters. The van der Waals surface area contributed by atoms with Crippen molar-refractivity contribution >= 4 is 5.78 Å². The van der Waals surface area contributed by atoms with Crippen molar-refractivity contribution < 1.29 is 19.4 Å². The minimum atomic E-state index is -0.625. The second kappa shape index (κ2) is 7.00. The van der Waals surface area contributed by atoms with Gasteiger partial charge in [-0.1, -0.05) is 0 Å². The van der Waals surface area contributed by atoms with Crippen molar-refractivity contribution in [1.29, 1.82) is 0 Å². The average Bonchev–Trinajstić information content (AvgIpc) is 2.51. The molecule has 0 aromatic heterocycles. The van der Waals surface area contributed by atoms with Crippen LogP contribution in [0.1, 0.15) is 26.2 Å². The van der Waals surface area contributed by atoms with Crippen LogP contribution in [-0.4, -0.2) is 37.5 Å². The molecule has 0 saturated heterocycles. The van der Waals surface area contributed by atoms with E-state index in [1.807, 2.05) is 6.92 Å². The molecule has 0 radical (unpaired) electrons. The van der Waals surface area contributed by atoms with E-state index in [4.69, 9.17) is 5.11 Å². The van der Waals surface area contributed by atoms with Crippen LogP contribution in [0.15, 0.2) is 0 Å². The Labute approximate surface area is 78.8 Å². The van der Waals surface area contributed by atoms with E-state index in [9.17, 15) is 4.79 Å². The average molecular weight is 190 g/mol. The number of aliphatic hydroxyl groups is 1. The molecule has 1 N–H and O–H groups in total. The van der Waals surface area contributed by atoms with Crippen molar-refractivity contribution in [3.63, 3.8) is 0 Å². The standard InChI is InChI=1S/C5H8O2.C4H10O2/c6-4-2-1-3-5(4)7;1-4(5-2)6-3/h4,6H,1-3H2;4H,1-3H3. The maximum absolute atomic E-state index is 10.3. The smallest absolute Gasteiger partial charge is 0.161 e. The molecule has 1 fully saturated rings. The van der Waals surface area contributed by atoms with Gasteiger partial charge in [0.05, 0.1) is 0 Å². The van der Waals surface area contributed by atoms with Gasteiger partial charge in [0.25, 0.3) is 0 Å². The molecule has 0 aromatic rings. The summed E-state index contributed by atoms with van der Waals surface area (Å²) < 4.78 is 9.35. The first-order valence-electron chi connectivity index (χ1n) is 4.38. The summed E-state index contributed by atoms with van der Waals surface area (Å²) in [6.07, 6.45) is 1.45. The van der Waals surface area contributed by atoms with Gasteiger partial charge in [-0.15, -0.1) is 0 Å². The third-order valence-corrected chi connectivity index (χ3v) is 1.94. The molecule has 0 heterocycles. The van der Waals surface area contributed by atoms with Gasteiger partial charge in [0.2, 0.25) is 0 Å². The summed E-state index contributed by atoms with van der Waals surface area (Å²) in [6, 6.07) is 0. The number of ether oxygens (including phenoxy) is 2. The first-order chi connectivity index (χ1) is 6.11. The molecule has 0 aliphatic heterocycles. The lowest BCUT2D eigenvalue weighted by Gasteiger charge is -2.03. The minimum Gasteiger partial charge on any atom is -0.385 e. The molecule has 1 aliphatic rings. The minimum absolute atomic E-state index is 0.0139. The van der Waals surface area contributed by atoms with Gasteiger partial charge in [0.1, 0.15) is 6.10 Å². The summed E-state index contributed by atoms with van der Waals surface area (Å²) in [4.78, 5) is 10.3. The van der Waals surface area contributed by atoms with Gasteiger partial charge < -0.3 is 14.6 Å². The lowest BCUT2D eigenvalue weighted by atomic mass is 10.3. The summed E-state index contributed by atoms with van der Waals surface area (Å²) in [5.74, 6) is 0.0139. The van der Waals surface area contributed by atoms with E-state index in [2.05, 4.69) is 9.47 Å². The van der Waals surface area contributed by atoms with E-state index in [-0.39, 0.29) is 12.1 Å². The van der Waals surface area contributed by atoms with Crippen molar-refractivity contribution in [3.8, 4) is 0 Å². The molecule has 4 nitrogen and oxygen atoms in total. The Balaban J connectivity index is 0.000000226. The number of ketones is 1. The summed E-state index contributed by atoms with van der Waals surface area (Å²) in [5.41, 5.74) is 0. The number of Topliss-reactive ketones (excluding diaryl/α,β-unsaturated/α-hetero) is 1. The predicted octanol–water partition coefficient (Wildman–Crippen LogP) is 0.726. The van der Waals surface area contributed by atoms with Gasteiger partial charge in [-0.2, -0.15) is 0 Å². The maximum Gasteiger partial charge on any atom is 0.161 e. The van der Waals surface area contributed by atoms with Gasteiger partial charge in [-0.3, -0.25) is 4.79 Å². The number of hydrogen-bond acceptors (Lipinski definition) is 4. The van der Waals surface area contributed by atoms with Gasteiger partial charge in [0, 0.05) is 20.6 Å². The van der Waals surface area contributed by atoms with E-state index in [1.165, 1.54) is 0 Å². The van der Waals surface area contributed by atoms with Crippen LogP contribution in [0.2, 0.25) is 0 Å². The molecular weight excluding hydrogens is 172 g/mol. The Morgan fingerprint density at radius 3 is 2.08 bits per heavy atom. The second-order valence-corrected chi connectivity index (χ2v) is 2.91. The monoisotopic (exact) mass is 190 g/mol. The SMILES string of the molecule is COC(C)OC.O=C1CCCC1O. The topological polar surface area (TPSA) is 55.8 Å². The zero-order chi connectivity index (χ0) is 10.3. The number of methoxy groups -OCH3 is 2. The fourth-order valence-corrected chi connectivity index (χ4v) is 0.893. The Hall–Kier alpha value is -0.450.